The van der Waals surface area contributed by atoms with Gasteiger partial charge in [-0.05, 0) is 85.4 Å². The quantitative estimate of drug-likeness (QED) is 0.566. The van der Waals surface area contributed by atoms with Crippen molar-refractivity contribution in [3.8, 4) is 11.1 Å². The number of aliphatic hydroxyl groups excluding tert-OH is 1. The van der Waals surface area contributed by atoms with Crippen LogP contribution in [-0.2, 0) is 9.53 Å². The zero-order valence-corrected chi connectivity index (χ0v) is 18.0. The van der Waals surface area contributed by atoms with Gasteiger partial charge >= 0.3 is 5.97 Å². The monoisotopic (exact) mass is 410 g/mol. The molecule has 2 aromatic carbocycles. The Labute approximate surface area is 177 Å². The fraction of sp³-hybridized carbons (Fsp3) is 0.400. The second kappa shape index (κ2) is 7.53. The Morgan fingerprint density at radius 1 is 1.07 bits per heavy atom. The molecule has 152 valence electrons. The first-order valence-electron chi connectivity index (χ1n) is 10.4. The molecule has 1 aliphatic carbocycles. The van der Waals surface area contributed by atoms with Crippen LogP contribution >= 0.6 is 11.6 Å². The third-order valence-corrected chi connectivity index (χ3v) is 6.90. The first-order valence-corrected chi connectivity index (χ1v) is 10.8. The van der Waals surface area contributed by atoms with Crippen LogP contribution in [0.3, 0.4) is 0 Å². The van der Waals surface area contributed by atoms with Crippen LogP contribution in [0.25, 0.3) is 16.7 Å². The Morgan fingerprint density at radius 3 is 2.28 bits per heavy atom. The number of rotatable bonds is 3. The standard InChI is InChI=1S/C25H27ClO3/c1-4-17-9-11-25(12-10-17)23(27)22(24(28)29-25)21-14-15(2)20(13-16(21)3)18-5-7-19(26)8-6-18/h5-8,13-14,17,27H,4,9-12H2,1-3H3. The van der Waals surface area contributed by atoms with E-state index in [1.54, 1.807) is 0 Å². The molecule has 0 saturated heterocycles. The van der Waals surface area contributed by atoms with Gasteiger partial charge in [-0.1, -0.05) is 49.2 Å². The van der Waals surface area contributed by atoms with Gasteiger partial charge < -0.3 is 9.84 Å². The van der Waals surface area contributed by atoms with Gasteiger partial charge in [0.05, 0.1) is 0 Å². The van der Waals surface area contributed by atoms with Crippen LogP contribution in [0.4, 0.5) is 0 Å². The lowest BCUT2D eigenvalue weighted by molar-refractivity contribution is -0.150. The maximum Gasteiger partial charge on any atom is 0.343 e. The number of hydrogen-bond donors (Lipinski definition) is 1. The molecule has 0 radical (unpaired) electrons. The molecule has 4 rings (SSSR count). The molecule has 0 unspecified atom stereocenters. The normalized spacial score (nSPS) is 24.3. The molecule has 1 spiro atoms. The molecule has 1 fully saturated rings. The van der Waals surface area contributed by atoms with E-state index in [0.717, 1.165) is 47.1 Å². The van der Waals surface area contributed by atoms with Crippen molar-refractivity contribution in [3.05, 3.63) is 63.9 Å². The smallest absolute Gasteiger partial charge is 0.343 e. The molecule has 0 atom stereocenters. The van der Waals surface area contributed by atoms with Gasteiger partial charge in [0.2, 0.25) is 0 Å². The van der Waals surface area contributed by atoms with Gasteiger partial charge in [0.25, 0.3) is 0 Å². The summed E-state index contributed by atoms with van der Waals surface area (Å²) in [6.45, 7) is 6.19. The number of ether oxygens (including phenoxy) is 1. The second-order valence-corrected chi connectivity index (χ2v) is 8.88. The molecule has 2 aliphatic rings. The molecule has 1 N–H and O–H groups in total. The average molecular weight is 411 g/mol. The highest BCUT2D eigenvalue weighted by Crippen LogP contribution is 2.48. The van der Waals surface area contributed by atoms with Crippen molar-refractivity contribution >= 4 is 23.1 Å². The summed E-state index contributed by atoms with van der Waals surface area (Å²) in [5, 5.41) is 11.8. The van der Waals surface area contributed by atoms with Crippen molar-refractivity contribution in [2.75, 3.05) is 0 Å². The Hall–Kier alpha value is -2.26. The third-order valence-electron chi connectivity index (χ3n) is 6.65. The molecular weight excluding hydrogens is 384 g/mol. The Morgan fingerprint density at radius 2 is 1.66 bits per heavy atom. The van der Waals surface area contributed by atoms with Gasteiger partial charge in [0.1, 0.15) is 5.57 Å². The Kier molecular flexibility index (Phi) is 5.20. The number of halogens is 1. The zero-order valence-electron chi connectivity index (χ0n) is 17.2. The molecule has 0 amide bonds. The molecule has 1 saturated carbocycles. The number of hydrogen-bond acceptors (Lipinski definition) is 3. The summed E-state index contributed by atoms with van der Waals surface area (Å²) in [4.78, 5) is 12.8. The van der Waals surface area contributed by atoms with Gasteiger partial charge in [0, 0.05) is 5.02 Å². The highest BCUT2D eigenvalue weighted by molar-refractivity contribution is 6.30. The molecular formula is C25H27ClO3. The number of aliphatic hydroxyl groups is 1. The topological polar surface area (TPSA) is 46.5 Å². The van der Waals surface area contributed by atoms with Crippen molar-refractivity contribution in [2.24, 2.45) is 5.92 Å². The lowest BCUT2D eigenvalue weighted by atomic mass is 9.76. The fourth-order valence-corrected chi connectivity index (χ4v) is 4.88. The van der Waals surface area contributed by atoms with E-state index < -0.39 is 11.6 Å². The Balaban J connectivity index is 1.73. The minimum absolute atomic E-state index is 0.124. The van der Waals surface area contributed by atoms with E-state index in [0.29, 0.717) is 29.4 Å². The molecule has 3 nitrogen and oxygen atoms in total. The van der Waals surface area contributed by atoms with Gasteiger partial charge in [-0.15, -0.1) is 0 Å². The van der Waals surface area contributed by atoms with Gasteiger partial charge in [-0.25, -0.2) is 4.79 Å². The van der Waals surface area contributed by atoms with Gasteiger partial charge in [0.15, 0.2) is 11.4 Å². The number of carbonyl (C=O) groups is 1. The highest BCUT2D eigenvalue weighted by atomic mass is 35.5. The Bertz CT molecular complexity index is 980. The number of aryl methyl sites for hydroxylation is 2. The van der Waals surface area contributed by atoms with Crippen LogP contribution in [0.15, 0.2) is 42.2 Å². The summed E-state index contributed by atoms with van der Waals surface area (Å²) >= 11 is 6.02. The molecule has 1 heterocycles. The van der Waals surface area contributed by atoms with Crippen LogP contribution in [0.1, 0.15) is 55.7 Å². The summed E-state index contributed by atoms with van der Waals surface area (Å²) in [6, 6.07) is 11.8. The first-order chi connectivity index (χ1) is 13.8. The number of benzene rings is 2. The van der Waals surface area contributed by atoms with Crippen molar-refractivity contribution in [1.82, 2.24) is 0 Å². The molecule has 0 aromatic heterocycles. The lowest BCUT2D eigenvalue weighted by Gasteiger charge is -2.35. The van der Waals surface area contributed by atoms with Crippen molar-refractivity contribution in [1.29, 1.82) is 0 Å². The molecule has 29 heavy (non-hydrogen) atoms. The summed E-state index contributed by atoms with van der Waals surface area (Å²) in [5.41, 5.74) is 4.42. The van der Waals surface area contributed by atoms with Crippen LogP contribution in [-0.4, -0.2) is 16.7 Å². The number of carbonyl (C=O) groups excluding carboxylic acids is 1. The molecule has 0 bridgehead atoms. The summed E-state index contributed by atoms with van der Waals surface area (Å²) in [7, 11) is 0. The van der Waals surface area contributed by atoms with Crippen LogP contribution in [0.2, 0.25) is 5.02 Å². The second-order valence-electron chi connectivity index (χ2n) is 8.45. The fourth-order valence-electron chi connectivity index (χ4n) is 4.76. The van der Waals surface area contributed by atoms with Gasteiger partial charge in [-0.2, -0.15) is 0 Å². The van der Waals surface area contributed by atoms with Crippen LogP contribution < -0.4 is 0 Å². The van der Waals surface area contributed by atoms with Crippen LogP contribution in [0.5, 0.6) is 0 Å². The van der Waals surface area contributed by atoms with E-state index in [2.05, 4.69) is 13.0 Å². The van der Waals surface area contributed by atoms with E-state index in [9.17, 15) is 9.90 Å². The maximum absolute atomic E-state index is 12.8. The maximum atomic E-state index is 12.8. The summed E-state index contributed by atoms with van der Waals surface area (Å²) in [6.07, 6.45) is 4.50. The van der Waals surface area contributed by atoms with E-state index in [1.165, 1.54) is 0 Å². The first kappa shape index (κ1) is 20.0. The molecule has 2 aromatic rings. The molecule has 1 aliphatic heterocycles. The van der Waals surface area contributed by atoms with E-state index in [1.807, 2.05) is 44.2 Å². The predicted octanol–water partition coefficient (Wildman–Crippen LogP) is 6.79. The van der Waals surface area contributed by atoms with E-state index >= 15 is 0 Å². The minimum atomic E-state index is -0.826. The minimum Gasteiger partial charge on any atom is -0.507 e. The third kappa shape index (κ3) is 3.46. The van der Waals surface area contributed by atoms with E-state index in [4.69, 9.17) is 16.3 Å². The van der Waals surface area contributed by atoms with E-state index in [-0.39, 0.29) is 5.76 Å². The van der Waals surface area contributed by atoms with Crippen LogP contribution in [0, 0.1) is 19.8 Å². The summed E-state index contributed by atoms with van der Waals surface area (Å²) < 4.78 is 5.81. The van der Waals surface area contributed by atoms with Crippen molar-refractivity contribution in [3.63, 3.8) is 0 Å². The van der Waals surface area contributed by atoms with Crippen molar-refractivity contribution < 1.29 is 14.6 Å². The zero-order chi connectivity index (χ0) is 20.8. The highest BCUT2D eigenvalue weighted by Gasteiger charge is 2.50. The van der Waals surface area contributed by atoms with Gasteiger partial charge in [-0.3, -0.25) is 0 Å². The number of esters is 1. The molecule has 4 heteroatoms. The summed E-state index contributed by atoms with van der Waals surface area (Å²) in [5.74, 6) is 0.372. The average Bonchev–Trinajstić information content (AvgIpc) is 2.94. The predicted molar refractivity (Wildman–Crippen MR) is 117 cm³/mol. The van der Waals surface area contributed by atoms with Crippen molar-refractivity contribution in [2.45, 2.75) is 58.5 Å². The lowest BCUT2D eigenvalue weighted by Crippen LogP contribution is -2.36. The largest absolute Gasteiger partial charge is 0.507 e. The SMILES string of the molecule is CCC1CCC2(CC1)OC(=O)C(c1cc(C)c(-c3ccc(Cl)cc3)cc1C)=C2O.